The van der Waals surface area contributed by atoms with E-state index >= 15 is 0 Å². The van der Waals surface area contributed by atoms with E-state index in [2.05, 4.69) is 5.32 Å². The fourth-order valence-electron chi connectivity index (χ4n) is 1.92. The molecule has 14 heavy (non-hydrogen) atoms. The SMILES string of the molecule is OC1CCCNC1c1ccccc1Cl. The first kappa shape index (κ1) is 9.97. The minimum absolute atomic E-state index is 0.00236. The second kappa shape index (κ2) is 4.30. The first-order valence-electron chi connectivity index (χ1n) is 4.95. The molecule has 1 fully saturated rings. The summed E-state index contributed by atoms with van der Waals surface area (Å²) >= 11 is 6.07. The van der Waals surface area contributed by atoms with Gasteiger partial charge in [0.25, 0.3) is 0 Å². The summed E-state index contributed by atoms with van der Waals surface area (Å²) in [6.45, 7) is 0.951. The fourth-order valence-corrected chi connectivity index (χ4v) is 2.17. The summed E-state index contributed by atoms with van der Waals surface area (Å²) in [6.07, 6.45) is 1.56. The Balaban J connectivity index is 2.25. The van der Waals surface area contributed by atoms with Crippen molar-refractivity contribution in [1.29, 1.82) is 0 Å². The Labute approximate surface area is 88.9 Å². The van der Waals surface area contributed by atoms with Crippen LogP contribution in [0.4, 0.5) is 0 Å². The standard InChI is InChI=1S/C11H14ClNO/c12-9-5-2-1-4-8(9)11-10(14)6-3-7-13-11/h1-2,4-5,10-11,13-14H,3,6-7H2. The average Bonchev–Trinajstić information content (AvgIpc) is 2.20. The third-order valence-corrected chi connectivity index (χ3v) is 3.01. The average molecular weight is 212 g/mol. The topological polar surface area (TPSA) is 32.3 Å². The van der Waals surface area contributed by atoms with Gasteiger partial charge in [-0.1, -0.05) is 29.8 Å². The number of halogens is 1. The maximum Gasteiger partial charge on any atom is 0.0735 e. The number of piperidine rings is 1. The summed E-state index contributed by atoms with van der Waals surface area (Å²) in [5, 5.41) is 13.8. The van der Waals surface area contributed by atoms with Gasteiger partial charge in [0, 0.05) is 5.02 Å². The zero-order valence-corrected chi connectivity index (χ0v) is 8.67. The maximum absolute atomic E-state index is 9.83. The molecule has 0 aliphatic carbocycles. The lowest BCUT2D eigenvalue weighted by Gasteiger charge is -2.29. The molecule has 76 valence electrons. The van der Waals surface area contributed by atoms with Gasteiger partial charge in [0.1, 0.15) is 0 Å². The van der Waals surface area contributed by atoms with E-state index in [1.165, 1.54) is 0 Å². The highest BCUT2D eigenvalue weighted by molar-refractivity contribution is 6.31. The van der Waals surface area contributed by atoms with Crippen molar-refractivity contribution in [2.75, 3.05) is 6.54 Å². The van der Waals surface area contributed by atoms with Gasteiger partial charge in [-0.05, 0) is 31.0 Å². The van der Waals surface area contributed by atoms with Crippen LogP contribution in [0.15, 0.2) is 24.3 Å². The van der Waals surface area contributed by atoms with Crippen LogP contribution in [0.25, 0.3) is 0 Å². The van der Waals surface area contributed by atoms with Crippen LogP contribution in [0.5, 0.6) is 0 Å². The molecule has 0 saturated carbocycles. The molecular weight excluding hydrogens is 198 g/mol. The molecule has 2 rings (SSSR count). The van der Waals surface area contributed by atoms with Crippen LogP contribution in [0, 0.1) is 0 Å². The summed E-state index contributed by atoms with van der Waals surface area (Å²) < 4.78 is 0. The first-order valence-corrected chi connectivity index (χ1v) is 5.32. The molecule has 1 aliphatic heterocycles. The predicted molar refractivity (Wildman–Crippen MR) is 57.4 cm³/mol. The second-order valence-corrected chi connectivity index (χ2v) is 4.07. The van der Waals surface area contributed by atoms with Crippen LogP contribution in [0.1, 0.15) is 24.4 Å². The van der Waals surface area contributed by atoms with Crippen molar-refractivity contribution >= 4 is 11.6 Å². The molecule has 1 aromatic carbocycles. The Bertz CT molecular complexity index is 316. The van der Waals surface area contributed by atoms with Crippen molar-refractivity contribution in [2.24, 2.45) is 0 Å². The minimum atomic E-state index is -0.316. The molecule has 1 heterocycles. The van der Waals surface area contributed by atoms with Gasteiger partial charge in [0.15, 0.2) is 0 Å². The maximum atomic E-state index is 9.83. The van der Waals surface area contributed by atoms with Crippen LogP contribution in [-0.4, -0.2) is 17.8 Å². The van der Waals surface area contributed by atoms with E-state index < -0.39 is 0 Å². The van der Waals surface area contributed by atoms with Gasteiger partial charge in [-0.2, -0.15) is 0 Å². The molecule has 0 amide bonds. The molecule has 2 atom stereocenters. The van der Waals surface area contributed by atoms with Crippen LogP contribution < -0.4 is 5.32 Å². The van der Waals surface area contributed by atoms with Gasteiger partial charge in [0.2, 0.25) is 0 Å². The monoisotopic (exact) mass is 211 g/mol. The summed E-state index contributed by atoms with van der Waals surface area (Å²) in [5.74, 6) is 0. The molecule has 1 saturated heterocycles. The zero-order valence-electron chi connectivity index (χ0n) is 7.91. The predicted octanol–water partition coefficient (Wildman–Crippen LogP) is 2.13. The van der Waals surface area contributed by atoms with E-state index in [4.69, 9.17) is 11.6 Å². The number of aliphatic hydroxyl groups is 1. The van der Waals surface area contributed by atoms with E-state index in [1.54, 1.807) is 0 Å². The Morgan fingerprint density at radius 1 is 1.36 bits per heavy atom. The van der Waals surface area contributed by atoms with E-state index in [0.29, 0.717) is 0 Å². The van der Waals surface area contributed by atoms with E-state index in [9.17, 15) is 5.11 Å². The number of hydrogen-bond acceptors (Lipinski definition) is 2. The molecule has 2 nitrogen and oxygen atoms in total. The quantitative estimate of drug-likeness (QED) is 0.746. The summed E-state index contributed by atoms with van der Waals surface area (Å²) in [5.41, 5.74) is 1.00. The lowest BCUT2D eigenvalue weighted by molar-refractivity contribution is 0.0966. The summed E-state index contributed by atoms with van der Waals surface area (Å²) in [4.78, 5) is 0. The van der Waals surface area contributed by atoms with Gasteiger partial charge in [-0.3, -0.25) is 0 Å². The Kier molecular flexibility index (Phi) is 3.06. The van der Waals surface area contributed by atoms with Gasteiger partial charge in [0.05, 0.1) is 12.1 Å². The molecule has 0 bridgehead atoms. The first-order chi connectivity index (χ1) is 6.79. The number of hydrogen-bond donors (Lipinski definition) is 2. The van der Waals surface area contributed by atoms with Crippen molar-refractivity contribution in [1.82, 2.24) is 5.32 Å². The van der Waals surface area contributed by atoms with Gasteiger partial charge < -0.3 is 10.4 Å². The molecule has 0 spiro atoms. The number of aliphatic hydroxyl groups excluding tert-OH is 1. The molecule has 0 aromatic heterocycles. The van der Waals surface area contributed by atoms with Crippen LogP contribution in [0.2, 0.25) is 5.02 Å². The highest BCUT2D eigenvalue weighted by Gasteiger charge is 2.25. The number of benzene rings is 1. The van der Waals surface area contributed by atoms with Crippen molar-refractivity contribution in [3.05, 3.63) is 34.9 Å². The van der Waals surface area contributed by atoms with Crippen molar-refractivity contribution in [2.45, 2.75) is 25.0 Å². The highest BCUT2D eigenvalue weighted by atomic mass is 35.5. The van der Waals surface area contributed by atoms with Crippen LogP contribution >= 0.6 is 11.6 Å². The van der Waals surface area contributed by atoms with Crippen molar-refractivity contribution in [3.8, 4) is 0 Å². The molecule has 3 heteroatoms. The van der Waals surface area contributed by atoms with Crippen LogP contribution in [-0.2, 0) is 0 Å². The zero-order chi connectivity index (χ0) is 9.97. The minimum Gasteiger partial charge on any atom is -0.391 e. The largest absolute Gasteiger partial charge is 0.391 e. The Hall–Kier alpha value is -0.570. The van der Waals surface area contributed by atoms with Crippen molar-refractivity contribution in [3.63, 3.8) is 0 Å². The molecular formula is C11H14ClNO. The third kappa shape index (κ3) is 1.92. The lowest BCUT2D eigenvalue weighted by atomic mass is 9.95. The van der Waals surface area contributed by atoms with Gasteiger partial charge in [-0.25, -0.2) is 0 Å². The smallest absolute Gasteiger partial charge is 0.0735 e. The summed E-state index contributed by atoms with van der Waals surface area (Å²) in [7, 11) is 0. The molecule has 1 aromatic rings. The summed E-state index contributed by atoms with van der Waals surface area (Å²) in [6, 6.07) is 7.68. The Morgan fingerprint density at radius 2 is 2.14 bits per heavy atom. The number of nitrogens with one attached hydrogen (secondary N) is 1. The molecule has 2 N–H and O–H groups in total. The molecule has 0 radical (unpaired) electrons. The third-order valence-electron chi connectivity index (χ3n) is 2.67. The van der Waals surface area contributed by atoms with E-state index in [-0.39, 0.29) is 12.1 Å². The van der Waals surface area contributed by atoms with E-state index in [1.807, 2.05) is 24.3 Å². The normalized spacial score (nSPS) is 27.6. The van der Waals surface area contributed by atoms with Crippen molar-refractivity contribution < 1.29 is 5.11 Å². The molecule has 1 aliphatic rings. The Morgan fingerprint density at radius 3 is 2.86 bits per heavy atom. The lowest BCUT2D eigenvalue weighted by Crippen LogP contribution is -2.37. The highest BCUT2D eigenvalue weighted by Crippen LogP contribution is 2.28. The molecule has 2 unspecified atom stereocenters. The van der Waals surface area contributed by atoms with Gasteiger partial charge in [-0.15, -0.1) is 0 Å². The van der Waals surface area contributed by atoms with E-state index in [0.717, 1.165) is 30.0 Å². The van der Waals surface area contributed by atoms with Crippen LogP contribution in [0.3, 0.4) is 0 Å². The number of rotatable bonds is 1. The fraction of sp³-hybridized carbons (Fsp3) is 0.455. The van der Waals surface area contributed by atoms with Gasteiger partial charge >= 0.3 is 0 Å². The second-order valence-electron chi connectivity index (χ2n) is 3.66.